The molecular weight excluding hydrogens is 514 g/mol. The number of carboxylic acids is 3. The van der Waals surface area contributed by atoms with Crippen molar-refractivity contribution in [2.45, 2.75) is 62.7 Å². The third-order valence-corrected chi connectivity index (χ3v) is 5.46. The molecule has 12 N–H and O–H groups in total. The van der Waals surface area contributed by atoms with Gasteiger partial charge in [0.2, 0.25) is 17.7 Å². The summed E-state index contributed by atoms with van der Waals surface area (Å²) < 4.78 is 0. The van der Waals surface area contributed by atoms with Crippen LogP contribution in [0.4, 0.5) is 0 Å². The van der Waals surface area contributed by atoms with Gasteiger partial charge in [-0.25, -0.2) is 4.79 Å². The molecule has 0 heterocycles. The molecule has 0 aromatic carbocycles. The van der Waals surface area contributed by atoms with Crippen molar-refractivity contribution in [2.24, 2.45) is 22.2 Å². The van der Waals surface area contributed by atoms with Gasteiger partial charge in [-0.1, -0.05) is 0 Å². The van der Waals surface area contributed by atoms with E-state index >= 15 is 0 Å². The first-order valence-electron chi connectivity index (χ1n) is 11.2. The molecule has 0 aromatic rings. The molecule has 0 fully saturated rings. The van der Waals surface area contributed by atoms with Gasteiger partial charge in [0.1, 0.15) is 18.1 Å². The lowest BCUT2D eigenvalue weighted by Crippen LogP contribution is -2.57. The molecule has 0 saturated heterocycles. The Morgan fingerprint density at radius 2 is 1.35 bits per heavy atom. The van der Waals surface area contributed by atoms with Gasteiger partial charge in [-0.05, 0) is 37.7 Å². The van der Waals surface area contributed by atoms with E-state index < -0.39 is 72.6 Å². The number of nitrogens with one attached hydrogen (secondary N) is 3. The quantitative estimate of drug-likeness (QED) is 0.0441. The molecule has 37 heavy (non-hydrogen) atoms. The van der Waals surface area contributed by atoms with Crippen LogP contribution in [0.25, 0.3) is 0 Å². The molecule has 0 radical (unpaired) electrons. The molecular formula is C20H35N7O9S. The zero-order chi connectivity index (χ0) is 28.5. The molecule has 0 aliphatic rings. The van der Waals surface area contributed by atoms with Gasteiger partial charge in [0.25, 0.3) is 0 Å². The minimum Gasteiger partial charge on any atom is -0.481 e. The summed E-state index contributed by atoms with van der Waals surface area (Å²) in [5.74, 6) is -6.41. The molecule has 0 aromatic heterocycles. The molecule has 4 unspecified atom stereocenters. The molecule has 0 saturated carbocycles. The highest BCUT2D eigenvalue weighted by Gasteiger charge is 2.30. The molecule has 4 atom stereocenters. The van der Waals surface area contributed by atoms with E-state index in [1.54, 1.807) is 6.26 Å². The SMILES string of the molecule is CSCCC(NC(=O)C(CCC(=O)O)NC(=O)C(N)CC(=O)O)C(=O)NC(CCCN=C(N)N)C(=O)O. The summed E-state index contributed by atoms with van der Waals surface area (Å²) in [6.07, 6.45) is 0.475. The smallest absolute Gasteiger partial charge is 0.326 e. The van der Waals surface area contributed by atoms with Crippen LogP contribution in [0.15, 0.2) is 4.99 Å². The summed E-state index contributed by atoms with van der Waals surface area (Å²) >= 11 is 1.36. The van der Waals surface area contributed by atoms with E-state index in [9.17, 15) is 33.9 Å². The molecule has 0 bridgehead atoms. The first kappa shape index (κ1) is 33.4. The fourth-order valence-corrected chi connectivity index (χ4v) is 3.38. The summed E-state index contributed by atoms with van der Waals surface area (Å²) in [6, 6.07) is -5.45. The van der Waals surface area contributed by atoms with Crippen LogP contribution >= 0.6 is 11.8 Å². The zero-order valence-corrected chi connectivity index (χ0v) is 21.2. The van der Waals surface area contributed by atoms with E-state index in [-0.39, 0.29) is 38.2 Å². The van der Waals surface area contributed by atoms with Crippen molar-refractivity contribution >= 4 is 53.4 Å². The monoisotopic (exact) mass is 549 g/mol. The predicted octanol–water partition coefficient (Wildman–Crippen LogP) is -3.00. The summed E-state index contributed by atoms with van der Waals surface area (Å²) in [7, 11) is 0. The van der Waals surface area contributed by atoms with E-state index in [1.807, 2.05) is 0 Å². The van der Waals surface area contributed by atoms with Crippen molar-refractivity contribution in [3.05, 3.63) is 0 Å². The molecule has 0 rings (SSSR count). The normalized spacial score (nSPS) is 13.8. The lowest BCUT2D eigenvalue weighted by molar-refractivity contribution is -0.142. The Balaban J connectivity index is 5.51. The van der Waals surface area contributed by atoms with Crippen molar-refractivity contribution in [1.82, 2.24) is 16.0 Å². The van der Waals surface area contributed by atoms with Gasteiger partial charge in [0.15, 0.2) is 5.96 Å². The van der Waals surface area contributed by atoms with Gasteiger partial charge < -0.3 is 48.5 Å². The lowest BCUT2D eigenvalue weighted by Gasteiger charge is -2.25. The minimum atomic E-state index is -1.50. The van der Waals surface area contributed by atoms with Crippen LogP contribution in [0.2, 0.25) is 0 Å². The highest BCUT2D eigenvalue weighted by atomic mass is 32.2. The van der Waals surface area contributed by atoms with Crippen LogP contribution in [0.3, 0.4) is 0 Å². The standard InChI is InChI=1S/C20H35N7O9S/c1-37-8-6-12(18(34)27-13(19(35)36)3-2-7-24-20(22)23)26-17(33)11(4-5-14(28)29)25-16(32)10(21)9-15(30)31/h10-13H,2-9,21H2,1H3,(H,25,32)(H,26,33)(H,27,34)(H,28,29)(H,30,31)(H,35,36)(H4,22,23,24). The molecule has 0 aliphatic carbocycles. The summed E-state index contributed by atoms with van der Waals surface area (Å²) in [5.41, 5.74) is 15.9. The Bertz CT molecular complexity index is 852. The average Bonchev–Trinajstić information content (AvgIpc) is 2.79. The number of hydrogen-bond donors (Lipinski definition) is 9. The van der Waals surface area contributed by atoms with E-state index in [4.69, 9.17) is 27.4 Å². The number of carbonyl (C=O) groups excluding carboxylic acids is 3. The van der Waals surface area contributed by atoms with Gasteiger partial charge in [0.05, 0.1) is 12.5 Å². The van der Waals surface area contributed by atoms with E-state index in [0.717, 1.165) is 0 Å². The van der Waals surface area contributed by atoms with Crippen molar-refractivity contribution < 1.29 is 44.1 Å². The number of hydrogen-bond acceptors (Lipinski definition) is 9. The van der Waals surface area contributed by atoms with Gasteiger partial charge in [-0.15, -0.1) is 0 Å². The Hall–Kier alpha value is -3.60. The number of aliphatic carboxylic acids is 3. The topological polar surface area (TPSA) is 290 Å². The van der Waals surface area contributed by atoms with Crippen molar-refractivity contribution in [3.8, 4) is 0 Å². The fraction of sp³-hybridized carbons (Fsp3) is 0.650. The molecule has 210 valence electrons. The van der Waals surface area contributed by atoms with Crippen molar-refractivity contribution in [1.29, 1.82) is 0 Å². The van der Waals surface area contributed by atoms with Crippen molar-refractivity contribution in [2.75, 3.05) is 18.6 Å². The second kappa shape index (κ2) is 17.8. The summed E-state index contributed by atoms with van der Waals surface area (Å²) in [5, 5.41) is 34.2. The van der Waals surface area contributed by atoms with Gasteiger partial charge in [0, 0.05) is 13.0 Å². The zero-order valence-electron chi connectivity index (χ0n) is 20.3. The third kappa shape index (κ3) is 15.2. The number of thioether (sulfide) groups is 1. The lowest BCUT2D eigenvalue weighted by atomic mass is 10.1. The second-order valence-electron chi connectivity index (χ2n) is 7.89. The largest absolute Gasteiger partial charge is 0.481 e. The number of carbonyl (C=O) groups is 6. The van der Waals surface area contributed by atoms with Crippen LogP contribution in [-0.2, 0) is 28.8 Å². The maximum Gasteiger partial charge on any atom is 0.326 e. The van der Waals surface area contributed by atoms with Crippen LogP contribution in [0, 0.1) is 0 Å². The highest BCUT2D eigenvalue weighted by molar-refractivity contribution is 7.98. The molecule has 16 nitrogen and oxygen atoms in total. The summed E-state index contributed by atoms with van der Waals surface area (Å²) in [4.78, 5) is 75.1. The van der Waals surface area contributed by atoms with Crippen LogP contribution < -0.4 is 33.2 Å². The van der Waals surface area contributed by atoms with Gasteiger partial charge in [-0.3, -0.25) is 29.0 Å². The van der Waals surface area contributed by atoms with Crippen molar-refractivity contribution in [3.63, 3.8) is 0 Å². The molecule has 3 amide bonds. The number of rotatable bonds is 19. The fourth-order valence-electron chi connectivity index (χ4n) is 2.91. The number of nitrogens with two attached hydrogens (primary N) is 3. The summed E-state index contributed by atoms with van der Waals surface area (Å²) in [6.45, 7) is 0.142. The van der Waals surface area contributed by atoms with E-state index in [0.29, 0.717) is 5.75 Å². The average molecular weight is 550 g/mol. The first-order chi connectivity index (χ1) is 17.3. The number of guanidine groups is 1. The van der Waals surface area contributed by atoms with E-state index in [2.05, 4.69) is 20.9 Å². The Morgan fingerprint density at radius 3 is 1.84 bits per heavy atom. The minimum absolute atomic E-state index is 0.000191. The van der Waals surface area contributed by atoms with E-state index in [1.165, 1.54) is 11.8 Å². The van der Waals surface area contributed by atoms with Crippen LogP contribution in [0.5, 0.6) is 0 Å². The second-order valence-corrected chi connectivity index (χ2v) is 8.87. The number of amides is 3. The molecule has 0 spiro atoms. The number of carboxylic acid groups (broad SMARTS) is 3. The third-order valence-electron chi connectivity index (χ3n) is 4.81. The Morgan fingerprint density at radius 1 is 0.811 bits per heavy atom. The highest BCUT2D eigenvalue weighted by Crippen LogP contribution is 2.07. The van der Waals surface area contributed by atoms with Gasteiger partial charge >= 0.3 is 17.9 Å². The number of nitrogens with zero attached hydrogens (tertiary/aromatic N) is 1. The van der Waals surface area contributed by atoms with Crippen LogP contribution in [0.1, 0.15) is 38.5 Å². The van der Waals surface area contributed by atoms with Gasteiger partial charge in [-0.2, -0.15) is 11.8 Å². The maximum absolute atomic E-state index is 12.9. The maximum atomic E-state index is 12.9. The first-order valence-corrected chi connectivity index (χ1v) is 12.5. The molecule has 17 heteroatoms. The Labute approximate surface area is 217 Å². The Kier molecular flexibility index (Phi) is 16.0. The van der Waals surface area contributed by atoms with Crippen LogP contribution in [-0.4, -0.2) is 99.6 Å². The predicted molar refractivity (Wildman–Crippen MR) is 133 cm³/mol. The molecule has 0 aliphatic heterocycles. The number of aliphatic imine (C=N–C) groups is 1.